The van der Waals surface area contributed by atoms with Crippen molar-refractivity contribution in [3.63, 3.8) is 0 Å². The monoisotopic (exact) mass is 297 g/mol. The number of aromatic nitrogens is 1. The molecule has 0 radical (unpaired) electrons. The molecule has 2 aromatic rings. The van der Waals surface area contributed by atoms with Gasteiger partial charge in [-0.15, -0.1) is 23.1 Å². The Bertz CT molecular complexity index is 513. The Hall–Kier alpha value is -0.950. The summed E-state index contributed by atoms with van der Waals surface area (Å²) in [5.41, 5.74) is 3.87. The number of nitrogens with one attached hydrogen (secondary N) is 1. The number of benzene rings is 1. The summed E-state index contributed by atoms with van der Waals surface area (Å²) in [5.74, 6) is 6.17. The summed E-state index contributed by atoms with van der Waals surface area (Å²) in [6, 6.07) is 6.64. The molecule has 1 unspecified atom stereocenters. The van der Waals surface area contributed by atoms with Crippen LogP contribution < -0.4 is 11.3 Å². The fraction of sp³-hybridized carbons (Fsp3) is 0.308. The Kier molecular flexibility index (Phi) is 5.33. The van der Waals surface area contributed by atoms with Crippen LogP contribution in [0.2, 0.25) is 0 Å². The molecule has 1 aromatic heterocycles. The first kappa shape index (κ1) is 14.5. The molecule has 0 spiro atoms. The van der Waals surface area contributed by atoms with Crippen molar-refractivity contribution in [3.8, 4) is 0 Å². The molecular formula is C13H16FN3S2. The van der Waals surface area contributed by atoms with Crippen molar-refractivity contribution < 1.29 is 4.39 Å². The summed E-state index contributed by atoms with van der Waals surface area (Å²) in [5, 5.41) is 3.12. The zero-order valence-electron chi connectivity index (χ0n) is 10.6. The van der Waals surface area contributed by atoms with Crippen molar-refractivity contribution in [1.29, 1.82) is 0 Å². The molecule has 1 heterocycles. The smallest absolute Gasteiger partial charge is 0.123 e. The van der Waals surface area contributed by atoms with E-state index in [1.807, 2.05) is 6.92 Å². The van der Waals surface area contributed by atoms with E-state index in [2.05, 4.69) is 15.8 Å². The summed E-state index contributed by atoms with van der Waals surface area (Å²) in [7, 11) is 0. The van der Waals surface area contributed by atoms with Gasteiger partial charge in [-0.25, -0.2) is 9.37 Å². The number of nitrogens with zero attached hydrogens (tertiary/aromatic N) is 1. The number of thioether (sulfide) groups is 1. The van der Waals surface area contributed by atoms with Crippen molar-refractivity contribution in [3.05, 3.63) is 46.2 Å². The topological polar surface area (TPSA) is 50.9 Å². The molecule has 19 heavy (non-hydrogen) atoms. The maximum atomic E-state index is 12.8. The minimum Gasteiger partial charge on any atom is -0.271 e. The second kappa shape index (κ2) is 7.00. The molecule has 0 aliphatic carbocycles. The predicted octanol–water partition coefficient (Wildman–Crippen LogP) is 2.76. The molecule has 0 saturated heterocycles. The Balaban J connectivity index is 1.87. The lowest BCUT2D eigenvalue weighted by molar-refractivity contribution is 0.570. The highest BCUT2D eigenvalue weighted by Gasteiger charge is 2.10. The summed E-state index contributed by atoms with van der Waals surface area (Å²) >= 11 is 3.30. The second-order valence-electron chi connectivity index (χ2n) is 4.19. The van der Waals surface area contributed by atoms with Crippen LogP contribution in [-0.2, 0) is 6.42 Å². The highest BCUT2D eigenvalue weighted by molar-refractivity contribution is 7.99. The molecule has 0 aliphatic rings. The molecule has 0 fully saturated rings. The molecule has 0 amide bonds. The molecule has 0 bridgehead atoms. The number of halogens is 1. The third-order valence-corrected chi connectivity index (χ3v) is 4.62. The standard InChI is InChI=1S/C13H16FN3S2/c1-9-16-11(7-18-9)6-12(17-15)8-19-13-4-2-10(14)3-5-13/h2-5,7,12,17H,6,8,15H2,1H3. The van der Waals surface area contributed by atoms with Crippen molar-refractivity contribution in [2.45, 2.75) is 24.3 Å². The second-order valence-corrected chi connectivity index (χ2v) is 6.35. The fourth-order valence-electron chi connectivity index (χ4n) is 1.65. The van der Waals surface area contributed by atoms with Gasteiger partial charge in [0, 0.05) is 28.5 Å². The van der Waals surface area contributed by atoms with Gasteiger partial charge in [0.15, 0.2) is 0 Å². The molecule has 3 N–H and O–H groups in total. The van der Waals surface area contributed by atoms with Crippen LogP contribution in [0, 0.1) is 12.7 Å². The van der Waals surface area contributed by atoms with Gasteiger partial charge in [0.1, 0.15) is 5.82 Å². The Morgan fingerprint density at radius 2 is 2.16 bits per heavy atom. The number of hydrazine groups is 1. The molecular weight excluding hydrogens is 281 g/mol. The third-order valence-electron chi connectivity index (χ3n) is 2.62. The first-order valence-electron chi connectivity index (χ1n) is 5.93. The van der Waals surface area contributed by atoms with Gasteiger partial charge in [0.25, 0.3) is 0 Å². The van der Waals surface area contributed by atoms with Gasteiger partial charge >= 0.3 is 0 Å². The van der Waals surface area contributed by atoms with Gasteiger partial charge in [-0.1, -0.05) is 0 Å². The molecule has 0 saturated carbocycles. The van der Waals surface area contributed by atoms with Crippen LogP contribution in [0.3, 0.4) is 0 Å². The van der Waals surface area contributed by atoms with Crippen molar-refractivity contribution >= 4 is 23.1 Å². The number of hydrogen-bond donors (Lipinski definition) is 2. The molecule has 3 nitrogen and oxygen atoms in total. The lowest BCUT2D eigenvalue weighted by Crippen LogP contribution is -2.38. The highest BCUT2D eigenvalue weighted by atomic mass is 32.2. The summed E-state index contributed by atoms with van der Waals surface area (Å²) in [4.78, 5) is 5.47. The fourth-order valence-corrected chi connectivity index (χ4v) is 3.21. The summed E-state index contributed by atoms with van der Waals surface area (Å²) in [6.07, 6.45) is 0.801. The van der Waals surface area contributed by atoms with Crippen molar-refractivity contribution in [2.24, 2.45) is 5.84 Å². The first-order chi connectivity index (χ1) is 9.17. The van der Waals surface area contributed by atoms with Crippen LogP contribution in [0.4, 0.5) is 4.39 Å². The maximum Gasteiger partial charge on any atom is 0.123 e. The Morgan fingerprint density at radius 3 is 2.74 bits per heavy atom. The van der Waals surface area contributed by atoms with Gasteiger partial charge in [-0.05, 0) is 31.2 Å². The summed E-state index contributed by atoms with van der Waals surface area (Å²) < 4.78 is 12.8. The van der Waals surface area contributed by atoms with E-state index in [1.165, 1.54) is 12.1 Å². The minimum absolute atomic E-state index is 0.150. The molecule has 102 valence electrons. The van der Waals surface area contributed by atoms with Crippen LogP contribution in [0.25, 0.3) is 0 Å². The molecule has 2 rings (SSSR count). The lowest BCUT2D eigenvalue weighted by atomic mass is 10.2. The Morgan fingerprint density at radius 1 is 1.42 bits per heavy atom. The number of aryl methyl sites for hydroxylation is 1. The van der Waals surface area contributed by atoms with E-state index in [0.717, 1.165) is 27.8 Å². The van der Waals surface area contributed by atoms with E-state index in [1.54, 1.807) is 35.2 Å². The SMILES string of the molecule is Cc1nc(CC(CSc2ccc(F)cc2)NN)cs1. The van der Waals surface area contributed by atoms with E-state index in [-0.39, 0.29) is 11.9 Å². The van der Waals surface area contributed by atoms with Crippen LogP contribution in [0.1, 0.15) is 10.7 Å². The largest absolute Gasteiger partial charge is 0.271 e. The van der Waals surface area contributed by atoms with Crippen LogP contribution in [-0.4, -0.2) is 16.8 Å². The van der Waals surface area contributed by atoms with Gasteiger partial charge in [0.2, 0.25) is 0 Å². The van der Waals surface area contributed by atoms with E-state index in [9.17, 15) is 4.39 Å². The number of hydrogen-bond acceptors (Lipinski definition) is 5. The van der Waals surface area contributed by atoms with Gasteiger partial charge in [0.05, 0.1) is 10.7 Å². The van der Waals surface area contributed by atoms with Crippen LogP contribution in [0.15, 0.2) is 34.5 Å². The first-order valence-corrected chi connectivity index (χ1v) is 7.79. The number of thiazole rings is 1. The zero-order chi connectivity index (χ0) is 13.7. The minimum atomic E-state index is -0.212. The molecule has 1 atom stereocenters. The predicted molar refractivity (Wildman–Crippen MR) is 78.8 cm³/mol. The highest BCUT2D eigenvalue weighted by Crippen LogP contribution is 2.20. The van der Waals surface area contributed by atoms with Gasteiger partial charge in [-0.2, -0.15) is 0 Å². The average molecular weight is 297 g/mol. The Labute approximate surface area is 120 Å². The van der Waals surface area contributed by atoms with Gasteiger partial charge in [-0.3, -0.25) is 11.3 Å². The van der Waals surface area contributed by atoms with Crippen molar-refractivity contribution in [1.82, 2.24) is 10.4 Å². The van der Waals surface area contributed by atoms with E-state index >= 15 is 0 Å². The summed E-state index contributed by atoms with van der Waals surface area (Å²) in [6.45, 7) is 1.99. The molecule has 6 heteroatoms. The van der Waals surface area contributed by atoms with E-state index < -0.39 is 0 Å². The van der Waals surface area contributed by atoms with Gasteiger partial charge < -0.3 is 0 Å². The lowest BCUT2D eigenvalue weighted by Gasteiger charge is -2.14. The molecule has 1 aromatic carbocycles. The zero-order valence-corrected chi connectivity index (χ0v) is 12.2. The average Bonchev–Trinajstić information content (AvgIpc) is 2.82. The van der Waals surface area contributed by atoms with Crippen molar-refractivity contribution in [2.75, 3.05) is 5.75 Å². The number of rotatable bonds is 6. The van der Waals surface area contributed by atoms with E-state index in [0.29, 0.717) is 0 Å². The van der Waals surface area contributed by atoms with E-state index in [4.69, 9.17) is 5.84 Å². The quantitative estimate of drug-likeness (QED) is 0.489. The normalized spacial score (nSPS) is 12.6. The number of nitrogens with two attached hydrogens (primary N) is 1. The van der Waals surface area contributed by atoms with Crippen LogP contribution in [0.5, 0.6) is 0 Å². The maximum absolute atomic E-state index is 12.8. The third kappa shape index (κ3) is 4.58. The van der Waals surface area contributed by atoms with Crippen LogP contribution >= 0.6 is 23.1 Å². The molecule has 0 aliphatic heterocycles.